The molecule has 8 heteroatoms. The Morgan fingerprint density at radius 3 is 1.37 bits per heavy atom. The molecule has 0 heterocycles. The zero-order valence-electron chi connectivity index (χ0n) is 25.9. The normalized spacial score (nSPS) is 11.4. The van der Waals surface area contributed by atoms with Crippen LogP contribution in [-0.4, -0.2) is 91.8 Å². The first-order chi connectivity index (χ1) is 20.4. The van der Waals surface area contributed by atoms with E-state index in [9.17, 15) is 0 Å². The van der Waals surface area contributed by atoms with Gasteiger partial charge in [-0.05, 0) is 43.4 Å². The van der Waals surface area contributed by atoms with Crippen molar-refractivity contribution in [2.75, 3.05) is 91.8 Å². The highest BCUT2D eigenvalue weighted by Gasteiger charge is 1.99. The second-order valence-electron chi connectivity index (χ2n) is 10.1. The number of alkyl halides is 1. The summed E-state index contributed by atoms with van der Waals surface area (Å²) in [6, 6.07) is 8.47. The van der Waals surface area contributed by atoms with Gasteiger partial charge in [0.25, 0.3) is 0 Å². The first-order valence-electron chi connectivity index (χ1n) is 16.1. The Bertz CT molecular complexity index is 633. The van der Waals surface area contributed by atoms with Crippen LogP contribution >= 0.6 is 11.6 Å². The van der Waals surface area contributed by atoms with Gasteiger partial charge in [0.2, 0.25) is 0 Å². The predicted octanol–water partition coefficient (Wildman–Crippen LogP) is 7.26. The SMILES string of the molecule is CCCCCCCCCc1ccc(OCCOCCOCCOCCOCCOCCOCCCCCCCl)cc1. The van der Waals surface area contributed by atoms with Crippen molar-refractivity contribution in [3.63, 3.8) is 0 Å². The van der Waals surface area contributed by atoms with E-state index in [2.05, 4.69) is 31.2 Å². The number of halogens is 1. The van der Waals surface area contributed by atoms with Crippen LogP contribution in [0.5, 0.6) is 5.75 Å². The van der Waals surface area contributed by atoms with E-state index in [1.54, 1.807) is 0 Å². The Hall–Kier alpha value is -0.930. The number of benzene rings is 1. The molecule has 0 N–H and O–H groups in total. The minimum atomic E-state index is 0.537. The van der Waals surface area contributed by atoms with E-state index < -0.39 is 0 Å². The lowest BCUT2D eigenvalue weighted by Crippen LogP contribution is -2.14. The Morgan fingerprint density at radius 2 is 0.854 bits per heavy atom. The monoisotopic (exact) mass is 602 g/mol. The van der Waals surface area contributed by atoms with Crippen LogP contribution in [0.1, 0.15) is 83.1 Å². The van der Waals surface area contributed by atoms with E-state index in [0.29, 0.717) is 79.3 Å². The Labute approximate surface area is 255 Å². The lowest BCUT2D eigenvalue weighted by atomic mass is 10.0. The van der Waals surface area contributed by atoms with Crippen molar-refractivity contribution in [3.05, 3.63) is 29.8 Å². The Kier molecular flexibility index (Phi) is 29.7. The molecule has 0 aliphatic heterocycles. The van der Waals surface area contributed by atoms with Gasteiger partial charge in [0, 0.05) is 12.5 Å². The van der Waals surface area contributed by atoms with Crippen LogP contribution in [0, 0.1) is 0 Å². The number of hydrogen-bond donors (Lipinski definition) is 0. The third kappa shape index (κ3) is 27.6. The number of aryl methyl sites for hydroxylation is 1. The van der Waals surface area contributed by atoms with Gasteiger partial charge in [-0.1, -0.05) is 70.4 Å². The summed E-state index contributed by atoms with van der Waals surface area (Å²) in [5, 5.41) is 0. The number of ether oxygens (including phenoxy) is 7. The van der Waals surface area contributed by atoms with Crippen molar-refractivity contribution in [3.8, 4) is 5.75 Å². The van der Waals surface area contributed by atoms with Crippen LogP contribution < -0.4 is 4.74 Å². The van der Waals surface area contributed by atoms with Crippen molar-refractivity contribution < 1.29 is 33.2 Å². The lowest BCUT2D eigenvalue weighted by Gasteiger charge is -2.09. The smallest absolute Gasteiger partial charge is 0.119 e. The average Bonchev–Trinajstić information content (AvgIpc) is 2.99. The van der Waals surface area contributed by atoms with Crippen molar-refractivity contribution in [1.29, 1.82) is 0 Å². The van der Waals surface area contributed by atoms with Gasteiger partial charge >= 0.3 is 0 Å². The Morgan fingerprint density at radius 1 is 0.439 bits per heavy atom. The molecule has 0 aliphatic carbocycles. The van der Waals surface area contributed by atoms with Gasteiger partial charge in [-0.15, -0.1) is 11.6 Å². The number of rotatable bonds is 33. The molecule has 0 atom stereocenters. The van der Waals surface area contributed by atoms with E-state index in [1.165, 1.54) is 63.4 Å². The van der Waals surface area contributed by atoms with Crippen LogP contribution in [0.3, 0.4) is 0 Å². The molecule has 240 valence electrons. The standard InChI is InChI=1S/C33H59ClO7/c1-2-3-4-5-6-7-10-13-32-14-16-33(17-15-32)41-31-30-40-29-28-39-27-26-38-25-24-37-23-22-36-21-20-35-19-12-9-8-11-18-34/h14-17H,2-13,18-31H2,1H3. The second-order valence-corrected chi connectivity index (χ2v) is 10.5. The summed E-state index contributed by atoms with van der Waals surface area (Å²) in [6.45, 7) is 9.76. The van der Waals surface area contributed by atoms with E-state index in [1.807, 2.05) is 0 Å². The molecule has 0 saturated heterocycles. The van der Waals surface area contributed by atoms with Crippen molar-refractivity contribution in [2.45, 2.75) is 84.0 Å². The summed E-state index contributed by atoms with van der Waals surface area (Å²) >= 11 is 5.66. The van der Waals surface area contributed by atoms with Gasteiger partial charge in [0.1, 0.15) is 12.4 Å². The summed E-state index contributed by atoms with van der Waals surface area (Å²) in [7, 11) is 0. The minimum absolute atomic E-state index is 0.537. The fourth-order valence-corrected chi connectivity index (χ4v) is 4.30. The summed E-state index contributed by atoms with van der Waals surface area (Å²) < 4.78 is 38.9. The van der Waals surface area contributed by atoms with Gasteiger partial charge < -0.3 is 33.2 Å². The molecular weight excluding hydrogens is 544 g/mol. The molecule has 1 aromatic carbocycles. The quantitative estimate of drug-likeness (QED) is 0.0620. The molecule has 41 heavy (non-hydrogen) atoms. The zero-order valence-corrected chi connectivity index (χ0v) is 26.7. The molecule has 0 fully saturated rings. The molecule has 0 saturated carbocycles. The topological polar surface area (TPSA) is 64.6 Å². The molecule has 0 bridgehead atoms. The maximum absolute atomic E-state index is 5.77. The van der Waals surface area contributed by atoms with E-state index in [4.69, 9.17) is 44.8 Å². The molecular formula is C33H59ClO7. The van der Waals surface area contributed by atoms with Gasteiger partial charge in [0.05, 0.1) is 72.7 Å². The maximum atomic E-state index is 5.77. The summed E-state index contributed by atoms with van der Waals surface area (Å²) in [5.41, 5.74) is 1.39. The van der Waals surface area contributed by atoms with Gasteiger partial charge in [-0.2, -0.15) is 0 Å². The van der Waals surface area contributed by atoms with Crippen molar-refractivity contribution >= 4 is 11.6 Å². The minimum Gasteiger partial charge on any atom is -0.491 e. The van der Waals surface area contributed by atoms with E-state index in [0.717, 1.165) is 37.5 Å². The van der Waals surface area contributed by atoms with Crippen molar-refractivity contribution in [1.82, 2.24) is 0 Å². The average molecular weight is 603 g/mol. The molecule has 0 unspecified atom stereocenters. The lowest BCUT2D eigenvalue weighted by molar-refractivity contribution is -0.0179. The third-order valence-corrected chi connectivity index (χ3v) is 6.79. The molecule has 1 rings (SSSR count). The highest BCUT2D eigenvalue weighted by molar-refractivity contribution is 6.17. The van der Waals surface area contributed by atoms with Crippen molar-refractivity contribution in [2.24, 2.45) is 0 Å². The first kappa shape index (κ1) is 38.1. The van der Waals surface area contributed by atoms with Crippen LogP contribution in [-0.2, 0) is 34.8 Å². The number of hydrogen-bond acceptors (Lipinski definition) is 7. The largest absolute Gasteiger partial charge is 0.491 e. The van der Waals surface area contributed by atoms with E-state index in [-0.39, 0.29) is 0 Å². The van der Waals surface area contributed by atoms with Crippen LogP contribution in [0.4, 0.5) is 0 Å². The molecule has 0 spiro atoms. The van der Waals surface area contributed by atoms with Gasteiger partial charge in [0.15, 0.2) is 0 Å². The molecule has 0 aromatic heterocycles. The second kappa shape index (κ2) is 32.0. The Balaban J connectivity index is 1.75. The van der Waals surface area contributed by atoms with E-state index >= 15 is 0 Å². The highest BCUT2D eigenvalue weighted by Crippen LogP contribution is 2.15. The molecule has 0 amide bonds. The number of unbranched alkanes of at least 4 members (excludes halogenated alkanes) is 9. The summed E-state index contributed by atoms with van der Waals surface area (Å²) in [6.07, 6.45) is 15.1. The van der Waals surface area contributed by atoms with Gasteiger partial charge in [-0.3, -0.25) is 0 Å². The maximum Gasteiger partial charge on any atom is 0.119 e. The third-order valence-electron chi connectivity index (χ3n) is 6.52. The highest BCUT2D eigenvalue weighted by atomic mass is 35.5. The zero-order chi connectivity index (χ0) is 29.3. The molecule has 7 nitrogen and oxygen atoms in total. The fraction of sp³-hybridized carbons (Fsp3) is 0.818. The first-order valence-corrected chi connectivity index (χ1v) is 16.6. The van der Waals surface area contributed by atoms with Crippen LogP contribution in [0.2, 0.25) is 0 Å². The fourth-order valence-electron chi connectivity index (χ4n) is 4.11. The predicted molar refractivity (Wildman–Crippen MR) is 168 cm³/mol. The van der Waals surface area contributed by atoms with Crippen LogP contribution in [0.25, 0.3) is 0 Å². The molecule has 0 aliphatic rings. The van der Waals surface area contributed by atoms with Gasteiger partial charge in [-0.25, -0.2) is 0 Å². The molecule has 1 aromatic rings. The summed E-state index contributed by atoms with van der Waals surface area (Å²) in [4.78, 5) is 0. The molecule has 0 radical (unpaired) electrons. The summed E-state index contributed by atoms with van der Waals surface area (Å²) in [5.74, 6) is 1.65. The van der Waals surface area contributed by atoms with Crippen LogP contribution in [0.15, 0.2) is 24.3 Å².